The van der Waals surface area contributed by atoms with Crippen LogP contribution < -0.4 is 9.64 Å². The Balaban J connectivity index is 1.30. The SMILES string of the molecule is Cc1cccc(COc2ccc(C(O)=C3C(=O)C(=O)N(c4nnc(SCc5ccccc5Cl)s4)C3c3ccc(Br)cc3)cc2)c1. The summed E-state index contributed by atoms with van der Waals surface area (Å²) in [6, 6.07) is 28.7. The average Bonchev–Trinajstić information content (AvgIpc) is 3.61. The fourth-order valence-electron chi connectivity index (χ4n) is 4.94. The summed E-state index contributed by atoms with van der Waals surface area (Å²) >= 11 is 12.4. The lowest BCUT2D eigenvalue weighted by atomic mass is 9.95. The summed E-state index contributed by atoms with van der Waals surface area (Å²) in [5.41, 5.74) is 4.12. The number of hydrogen-bond donors (Lipinski definition) is 1. The summed E-state index contributed by atoms with van der Waals surface area (Å²) in [5.74, 6) is -0.712. The highest BCUT2D eigenvalue weighted by Gasteiger charge is 2.48. The lowest BCUT2D eigenvalue weighted by Gasteiger charge is -2.22. The quantitative estimate of drug-likeness (QED) is 0.0536. The molecule has 0 radical (unpaired) electrons. The first-order valence-corrected chi connectivity index (χ1v) is 16.8. The van der Waals surface area contributed by atoms with Crippen molar-refractivity contribution in [3.63, 3.8) is 0 Å². The van der Waals surface area contributed by atoms with E-state index < -0.39 is 17.7 Å². The molecule has 0 spiro atoms. The maximum Gasteiger partial charge on any atom is 0.301 e. The van der Waals surface area contributed by atoms with E-state index in [2.05, 4.69) is 32.2 Å². The predicted molar refractivity (Wildman–Crippen MR) is 182 cm³/mol. The van der Waals surface area contributed by atoms with Gasteiger partial charge in [0.15, 0.2) is 4.34 Å². The van der Waals surface area contributed by atoms with Gasteiger partial charge in [-0.3, -0.25) is 14.5 Å². The Morgan fingerprint density at radius 2 is 1.76 bits per heavy atom. The number of ketones is 1. The number of aliphatic hydroxyl groups excluding tert-OH is 1. The van der Waals surface area contributed by atoms with Crippen LogP contribution in [0.4, 0.5) is 5.13 Å². The van der Waals surface area contributed by atoms with Gasteiger partial charge in [-0.1, -0.05) is 111 Å². The standard InChI is InChI=1S/C34H25BrClN3O4S2/c1-20-5-4-6-21(17-20)18-43-26-15-11-23(12-16-26)30(40)28-29(22-9-13-25(35)14-10-22)39(32(42)31(28)41)33-37-38-34(45-33)44-19-24-7-2-3-8-27(24)36/h2-17,29,40H,18-19H2,1H3. The molecule has 226 valence electrons. The number of Topliss-reactive ketones (excluding diaryl/α,β-unsaturated/α-hetero) is 1. The van der Waals surface area contributed by atoms with Crippen molar-refractivity contribution in [2.75, 3.05) is 4.90 Å². The van der Waals surface area contributed by atoms with Gasteiger partial charge in [0.2, 0.25) is 5.13 Å². The van der Waals surface area contributed by atoms with Gasteiger partial charge in [-0.25, -0.2) is 0 Å². The number of thioether (sulfide) groups is 1. The molecular formula is C34H25BrClN3O4S2. The number of nitrogens with zero attached hydrogens (tertiary/aromatic N) is 3. The van der Waals surface area contributed by atoms with E-state index in [9.17, 15) is 14.7 Å². The number of aromatic nitrogens is 2. The molecule has 11 heteroatoms. The van der Waals surface area contributed by atoms with Crippen LogP contribution in [0.3, 0.4) is 0 Å². The molecule has 1 amide bonds. The Morgan fingerprint density at radius 1 is 1.00 bits per heavy atom. The van der Waals surface area contributed by atoms with Gasteiger partial charge in [-0.15, -0.1) is 10.2 Å². The minimum absolute atomic E-state index is 0.0313. The summed E-state index contributed by atoms with van der Waals surface area (Å²) in [6.07, 6.45) is 0. The number of benzene rings is 4. The molecule has 0 bridgehead atoms. The van der Waals surface area contributed by atoms with Crippen LogP contribution in [0.2, 0.25) is 5.02 Å². The number of rotatable bonds is 9. The lowest BCUT2D eigenvalue weighted by molar-refractivity contribution is -0.132. The van der Waals surface area contributed by atoms with E-state index >= 15 is 0 Å². The van der Waals surface area contributed by atoms with Gasteiger partial charge >= 0.3 is 5.91 Å². The first-order chi connectivity index (χ1) is 21.8. The third-order valence-electron chi connectivity index (χ3n) is 7.16. The first-order valence-electron chi connectivity index (χ1n) is 13.8. The van der Waals surface area contributed by atoms with Crippen LogP contribution in [0.5, 0.6) is 5.75 Å². The predicted octanol–water partition coefficient (Wildman–Crippen LogP) is 8.76. The maximum absolute atomic E-state index is 13.6. The Kier molecular flexibility index (Phi) is 9.37. The summed E-state index contributed by atoms with van der Waals surface area (Å²) < 4.78 is 7.37. The molecule has 0 aliphatic carbocycles. The summed E-state index contributed by atoms with van der Waals surface area (Å²) in [7, 11) is 0. The molecule has 1 atom stereocenters. The number of amides is 1. The van der Waals surface area contributed by atoms with E-state index in [0.717, 1.165) is 21.2 Å². The number of ether oxygens (including phenoxy) is 1. The molecule has 2 heterocycles. The molecule has 1 unspecified atom stereocenters. The smallest absolute Gasteiger partial charge is 0.301 e. The van der Waals surface area contributed by atoms with E-state index in [-0.39, 0.29) is 16.5 Å². The van der Waals surface area contributed by atoms with Gasteiger partial charge < -0.3 is 9.84 Å². The van der Waals surface area contributed by atoms with E-state index in [1.54, 1.807) is 36.4 Å². The largest absolute Gasteiger partial charge is 0.507 e. The van der Waals surface area contributed by atoms with Crippen LogP contribution in [-0.2, 0) is 21.9 Å². The average molecular weight is 719 g/mol. The highest BCUT2D eigenvalue weighted by Crippen LogP contribution is 2.44. The van der Waals surface area contributed by atoms with Crippen molar-refractivity contribution >= 4 is 73.2 Å². The topological polar surface area (TPSA) is 92.6 Å². The number of halogens is 2. The van der Waals surface area contributed by atoms with Crippen LogP contribution >= 0.6 is 50.6 Å². The molecule has 6 rings (SSSR count). The summed E-state index contributed by atoms with van der Waals surface area (Å²) in [6.45, 7) is 2.42. The molecule has 1 saturated heterocycles. The molecule has 1 N–H and O–H groups in total. The lowest BCUT2D eigenvalue weighted by Crippen LogP contribution is -2.29. The zero-order valence-electron chi connectivity index (χ0n) is 23.8. The zero-order chi connectivity index (χ0) is 31.5. The van der Waals surface area contributed by atoms with Crippen molar-refractivity contribution < 1.29 is 19.4 Å². The van der Waals surface area contributed by atoms with Crippen molar-refractivity contribution in [2.45, 2.75) is 29.7 Å². The first kappa shape index (κ1) is 31.0. The van der Waals surface area contributed by atoms with Crippen molar-refractivity contribution in [3.05, 3.63) is 140 Å². The number of anilines is 1. The molecule has 0 saturated carbocycles. The number of carbonyl (C=O) groups excluding carboxylic acids is 2. The van der Waals surface area contributed by atoms with Crippen LogP contribution in [0.25, 0.3) is 5.76 Å². The van der Waals surface area contributed by atoms with Gasteiger partial charge in [0, 0.05) is 20.8 Å². The highest BCUT2D eigenvalue weighted by atomic mass is 79.9. The number of aliphatic hydroxyl groups is 1. The Bertz CT molecular complexity index is 1910. The van der Waals surface area contributed by atoms with E-state index in [1.807, 2.05) is 61.5 Å². The van der Waals surface area contributed by atoms with Crippen molar-refractivity contribution in [1.29, 1.82) is 0 Å². The highest BCUT2D eigenvalue weighted by molar-refractivity contribution is 9.10. The monoisotopic (exact) mass is 717 g/mol. The summed E-state index contributed by atoms with van der Waals surface area (Å²) in [5, 5.41) is 21.0. The number of carbonyl (C=O) groups is 2. The van der Waals surface area contributed by atoms with Crippen molar-refractivity contribution in [2.24, 2.45) is 0 Å². The van der Waals surface area contributed by atoms with Gasteiger partial charge in [-0.2, -0.15) is 0 Å². The van der Waals surface area contributed by atoms with Crippen LogP contribution in [0.1, 0.15) is 33.9 Å². The van der Waals surface area contributed by atoms with E-state index in [4.69, 9.17) is 16.3 Å². The third-order valence-corrected chi connectivity index (χ3v) is 10.2. The van der Waals surface area contributed by atoms with Crippen molar-refractivity contribution in [3.8, 4) is 5.75 Å². The van der Waals surface area contributed by atoms with Gasteiger partial charge in [-0.05, 0) is 66.1 Å². The second-order valence-electron chi connectivity index (χ2n) is 10.3. The molecule has 7 nitrogen and oxygen atoms in total. The van der Waals surface area contributed by atoms with Crippen LogP contribution in [-0.4, -0.2) is 27.0 Å². The molecule has 1 aliphatic rings. The van der Waals surface area contributed by atoms with Crippen molar-refractivity contribution in [1.82, 2.24) is 10.2 Å². The number of aryl methyl sites for hydroxylation is 1. The van der Waals surface area contributed by atoms with Crippen LogP contribution in [0, 0.1) is 6.92 Å². The summed E-state index contributed by atoms with van der Waals surface area (Å²) in [4.78, 5) is 28.4. The molecule has 1 fully saturated rings. The molecule has 4 aromatic carbocycles. The van der Waals surface area contributed by atoms with Gasteiger partial charge in [0.05, 0.1) is 11.6 Å². The molecular weight excluding hydrogens is 694 g/mol. The minimum Gasteiger partial charge on any atom is -0.507 e. The fourth-order valence-corrected chi connectivity index (χ4v) is 7.35. The molecule has 5 aromatic rings. The Morgan fingerprint density at radius 3 is 2.49 bits per heavy atom. The number of hydrogen-bond acceptors (Lipinski definition) is 8. The zero-order valence-corrected chi connectivity index (χ0v) is 27.8. The van der Waals surface area contributed by atoms with Gasteiger partial charge in [0.25, 0.3) is 5.78 Å². The Labute approximate surface area is 281 Å². The second-order valence-corrected chi connectivity index (χ2v) is 13.8. The molecule has 45 heavy (non-hydrogen) atoms. The third kappa shape index (κ3) is 6.84. The Hall–Kier alpha value is -3.96. The fraction of sp³-hybridized carbons (Fsp3) is 0.118. The van der Waals surface area contributed by atoms with Crippen LogP contribution in [0.15, 0.2) is 111 Å². The molecule has 1 aliphatic heterocycles. The van der Waals surface area contributed by atoms with Gasteiger partial charge in [0.1, 0.15) is 18.1 Å². The van der Waals surface area contributed by atoms with E-state index in [0.29, 0.717) is 38.6 Å². The normalized spacial score (nSPS) is 15.9. The maximum atomic E-state index is 13.6. The van der Waals surface area contributed by atoms with E-state index in [1.165, 1.54) is 28.0 Å². The molecule has 1 aromatic heterocycles. The minimum atomic E-state index is -0.912. The second kappa shape index (κ2) is 13.6.